The number of ether oxygens (including phenoxy) is 1. The number of carbonyl (C=O) groups excluding carboxylic acids is 1. The molecule has 0 aliphatic carbocycles. The van der Waals surface area contributed by atoms with Crippen molar-refractivity contribution in [2.45, 2.75) is 19.0 Å². The molecule has 20 heavy (non-hydrogen) atoms. The second-order valence-electron chi connectivity index (χ2n) is 4.99. The number of hydrogen-bond acceptors (Lipinski definition) is 4. The summed E-state index contributed by atoms with van der Waals surface area (Å²) in [5, 5.41) is 2.86. The Morgan fingerprint density at radius 2 is 2.30 bits per heavy atom. The molecule has 0 radical (unpaired) electrons. The zero-order valence-electron chi connectivity index (χ0n) is 10.4. The summed E-state index contributed by atoms with van der Waals surface area (Å²) in [7, 11) is 0. The summed E-state index contributed by atoms with van der Waals surface area (Å²) in [6.45, 7) is 1.50. The number of nitrogens with one attached hydrogen (secondary N) is 1. The molecule has 1 N–H and O–H groups in total. The summed E-state index contributed by atoms with van der Waals surface area (Å²) in [6.07, 6.45) is 0.810. The Morgan fingerprint density at radius 1 is 1.45 bits per heavy atom. The van der Waals surface area contributed by atoms with Crippen LogP contribution in [0.15, 0.2) is 15.5 Å². The van der Waals surface area contributed by atoms with E-state index in [9.17, 15) is 9.59 Å². The van der Waals surface area contributed by atoms with Gasteiger partial charge in [-0.15, -0.1) is 0 Å². The van der Waals surface area contributed by atoms with Crippen LogP contribution in [0.1, 0.15) is 22.5 Å². The van der Waals surface area contributed by atoms with Crippen molar-refractivity contribution < 1.29 is 9.53 Å². The molecule has 1 saturated heterocycles. The van der Waals surface area contributed by atoms with Crippen LogP contribution in [0.2, 0.25) is 0 Å². The monoisotopic (exact) mass is 338 g/mol. The van der Waals surface area contributed by atoms with Gasteiger partial charge < -0.3 is 9.64 Å². The first-order valence-electron chi connectivity index (χ1n) is 6.34. The second-order valence-corrected chi connectivity index (χ2v) is 5.85. The fraction of sp³-hybridized carbons (Fsp3) is 0.417. The fourth-order valence-electron chi connectivity index (χ4n) is 2.79. The van der Waals surface area contributed by atoms with Gasteiger partial charge in [0.1, 0.15) is 10.3 Å². The lowest BCUT2D eigenvalue weighted by Gasteiger charge is -2.21. The number of rotatable bonds is 1. The van der Waals surface area contributed by atoms with E-state index in [0.717, 1.165) is 6.42 Å². The van der Waals surface area contributed by atoms with Crippen LogP contribution in [0, 0.1) is 0 Å². The van der Waals surface area contributed by atoms with Crippen molar-refractivity contribution in [3.8, 4) is 0 Å². The van der Waals surface area contributed by atoms with Gasteiger partial charge >= 0.3 is 0 Å². The van der Waals surface area contributed by atoms with Gasteiger partial charge in [-0.05, 0) is 22.4 Å². The largest absolute Gasteiger partial charge is 0.379 e. The Hall–Kier alpha value is -1.67. The van der Waals surface area contributed by atoms with Crippen LogP contribution in [-0.2, 0) is 11.3 Å². The molecule has 2 aromatic rings. The molecule has 4 heterocycles. The molecule has 104 valence electrons. The number of halogens is 1. The summed E-state index contributed by atoms with van der Waals surface area (Å²) in [6, 6.07) is 1.72. The van der Waals surface area contributed by atoms with E-state index in [1.54, 1.807) is 11.0 Å². The first-order chi connectivity index (χ1) is 9.65. The highest BCUT2D eigenvalue weighted by molar-refractivity contribution is 9.10. The Kier molecular flexibility index (Phi) is 2.52. The zero-order valence-corrected chi connectivity index (χ0v) is 12.0. The molecule has 0 unspecified atom stereocenters. The van der Waals surface area contributed by atoms with Gasteiger partial charge in [-0.1, -0.05) is 0 Å². The zero-order chi connectivity index (χ0) is 13.9. The summed E-state index contributed by atoms with van der Waals surface area (Å²) >= 11 is 3.26. The molecule has 0 spiro atoms. The van der Waals surface area contributed by atoms with Crippen molar-refractivity contribution in [3.05, 3.63) is 32.3 Å². The van der Waals surface area contributed by atoms with Gasteiger partial charge in [-0.3, -0.25) is 14.7 Å². The van der Waals surface area contributed by atoms with E-state index >= 15 is 0 Å². The lowest BCUT2D eigenvalue weighted by molar-refractivity contribution is 0.0675. The summed E-state index contributed by atoms with van der Waals surface area (Å²) in [4.78, 5) is 30.8. The molecular weight excluding hydrogens is 328 g/mol. The minimum Gasteiger partial charge on any atom is -0.379 e. The van der Waals surface area contributed by atoms with Crippen molar-refractivity contribution in [1.29, 1.82) is 0 Å². The van der Waals surface area contributed by atoms with Gasteiger partial charge in [-0.25, -0.2) is 9.50 Å². The molecule has 2 aromatic heterocycles. The average Bonchev–Trinajstić information content (AvgIpc) is 3.10. The minimum atomic E-state index is -0.217. The topological polar surface area (TPSA) is 79.7 Å². The first-order valence-corrected chi connectivity index (χ1v) is 7.13. The van der Waals surface area contributed by atoms with E-state index in [1.165, 1.54) is 4.52 Å². The quantitative estimate of drug-likeness (QED) is 0.822. The van der Waals surface area contributed by atoms with E-state index in [4.69, 9.17) is 4.74 Å². The molecule has 1 amide bonds. The van der Waals surface area contributed by atoms with Crippen LogP contribution < -0.4 is 5.56 Å². The lowest BCUT2D eigenvalue weighted by Crippen LogP contribution is -2.36. The number of fused-ring (bicyclic) bond motifs is 2. The van der Waals surface area contributed by atoms with Crippen molar-refractivity contribution in [2.75, 3.05) is 13.2 Å². The predicted octanol–water partition coefficient (Wildman–Crippen LogP) is 0.530. The summed E-state index contributed by atoms with van der Waals surface area (Å²) in [5.74, 6) is -0.174. The maximum absolute atomic E-state index is 12.4. The first kappa shape index (κ1) is 12.1. The van der Waals surface area contributed by atoms with Crippen LogP contribution in [0.25, 0.3) is 5.65 Å². The normalized spacial score (nSPS) is 21.9. The number of aromatic amines is 1. The Balaban J connectivity index is 1.85. The van der Waals surface area contributed by atoms with Gasteiger partial charge in [0.15, 0.2) is 5.65 Å². The van der Waals surface area contributed by atoms with E-state index in [1.807, 2.05) is 0 Å². The molecule has 8 heteroatoms. The van der Waals surface area contributed by atoms with Gasteiger partial charge in [0.25, 0.3) is 11.5 Å². The van der Waals surface area contributed by atoms with E-state index in [-0.39, 0.29) is 23.2 Å². The average molecular weight is 339 g/mol. The molecule has 1 fully saturated rings. The molecule has 0 bridgehead atoms. The Bertz CT molecular complexity index is 775. The Morgan fingerprint density at radius 3 is 3.05 bits per heavy atom. The predicted molar refractivity (Wildman–Crippen MR) is 72.6 cm³/mol. The van der Waals surface area contributed by atoms with Crippen LogP contribution in [-0.4, -0.2) is 44.7 Å². The second kappa shape index (κ2) is 4.16. The van der Waals surface area contributed by atoms with Crippen molar-refractivity contribution in [1.82, 2.24) is 19.5 Å². The standard InChI is InChI=1S/C12H11BrN4O3/c13-8-3-9-14-10-7(11(18)17(9)15-8)4-16(12(10)19)6-1-2-20-5-6/h3,6,15H,1-2,4-5H2/t6-/m0/s1. The van der Waals surface area contributed by atoms with Crippen LogP contribution >= 0.6 is 15.9 Å². The van der Waals surface area contributed by atoms with Gasteiger partial charge in [0.2, 0.25) is 0 Å². The maximum atomic E-state index is 12.4. The molecular formula is C12H11BrN4O3. The number of amides is 1. The molecule has 7 nitrogen and oxygen atoms in total. The van der Waals surface area contributed by atoms with Gasteiger partial charge in [-0.2, -0.15) is 0 Å². The number of hydrogen-bond donors (Lipinski definition) is 1. The fourth-order valence-corrected chi connectivity index (χ4v) is 3.17. The van der Waals surface area contributed by atoms with Crippen LogP contribution in [0.3, 0.4) is 0 Å². The van der Waals surface area contributed by atoms with Crippen molar-refractivity contribution in [2.24, 2.45) is 0 Å². The smallest absolute Gasteiger partial charge is 0.278 e. The highest BCUT2D eigenvalue weighted by Gasteiger charge is 2.38. The number of aromatic nitrogens is 3. The SMILES string of the molecule is O=C1c2nc3cc(Br)[nH]n3c(=O)c2CN1[C@H]1CCOC1. The van der Waals surface area contributed by atoms with E-state index in [0.29, 0.717) is 35.6 Å². The molecule has 2 aliphatic heterocycles. The van der Waals surface area contributed by atoms with Gasteiger partial charge in [0.05, 0.1) is 24.8 Å². The molecule has 1 atom stereocenters. The number of carbonyl (C=O) groups is 1. The highest BCUT2D eigenvalue weighted by Crippen LogP contribution is 2.25. The third-order valence-electron chi connectivity index (χ3n) is 3.82. The summed E-state index contributed by atoms with van der Waals surface area (Å²) < 4.78 is 7.32. The van der Waals surface area contributed by atoms with E-state index in [2.05, 4.69) is 26.0 Å². The maximum Gasteiger partial charge on any atom is 0.278 e. The third kappa shape index (κ3) is 1.58. The molecule has 0 saturated carbocycles. The number of H-pyrrole nitrogens is 1. The molecule has 2 aliphatic rings. The Labute approximate surface area is 121 Å². The van der Waals surface area contributed by atoms with E-state index < -0.39 is 0 Å². The van der Waals surface area contributed by atoms with Crippen molar-refractivity contribution in [3.63, 3.8) is 0 Å². The third-order valence-corrected chi connectivity index (χ3v) is 4.22. The van der Waals surface area contributed by atoms with Crippen molar-refractivity contribution >= 4 is 27.5 Å². The number of nitrogens with zero attached hydrogens (tertiary/aromatic N) is 3. The minimum absolute atomic E-state index is 0.0474. The van der Waals surface area contributed by atoms with Crippen LogP contribution in [0.5, 0.6) is 0 Å². The molecule has 4 rings (SSSR count). The highest BCUT2D eigenvalue weighted by atomic mass is 79.9. The van der Waals surface area contributed by atoms with Crippen LogP contribution in [0.4, 0.5) is 0 Å². The molecule has 0 aromatic carbocycles. The lowest BCUT2D eigenvalue weighted by atomic mass is 10.2. The summed E-state index contributed by atoms with van der Waals surface area (Å²) in [5.41, 5.74) is 0.950. The van der Waals surface area contributed by atoms with Gasteiger partial charge in [0, 0.05) is 12.7 Å².